The van der Waals surface area contributed by atoms with E-state index in [0.29, 0.717) is 29.1 Å². The third kappa shape index (κ3) is 3.99. The molecule has 0 bridgehead atoms. The van der Waals surface area contributed by atoms with E-state index in [2.05, 4.69) is 34.8 Å². The Hall–Kier alpha value is -2.40. The van der Waals surface area contributed by atoms with E-state index in [1.54, 1.807) is 18.2 Å². The third-order valence-corrected chi connectivity index (χ3v) is 4.22. The lowest BCUT2D eigenvalue weighted by atomic mass is 10.0. The van der Waals surface area contributed by atoms with Crippen LogP contribution in [0.15, 0.2) is 53.0 Å². The fourth-order valence-corrected chi connectivity index (χ4v) is 2.86. The Morgan fingerprint density at radius 2 is 1.88 bits per heavy atom. The highest BCUT2D eigenvalue weighted by Gasteiger charge is 2.09. The first-order valence-corrected chi connectivity index (χ1v) is 8.78. The number of hydrogen-bond acceptors (Lipinski definition) is 4. The molecule has 0 unspecified atom stereocenters. The molecule has 0 saturated carbocycles. The van der Waals surface area contributed by atoms with Crippen LogP contribution in [0, 0.1) is 5.92 Å². The summed E-state index contributed by atoms with van der Waals surface area (Å²) < 4.78 is 6.47. The Bertz CT molecular complexity index is 920. The molecule has 2 aromatic carbocycles. The van der Waals surface area contributed by atoms with Crippen molar-refractivity contribution in [3.05, 3.63) is 58.6 Å². The first kappa shape index (κ1) is 17.4. The molecule has 0 aliphatic carbocycles. The van der Waals surface area contributed by atoms with Crippen molar-refractivity contribution in [1.82, 2.24) is 4.98 Å². The van der Waals surface area contributed by atoms with Crippen LogP contribution in [0.4, 0.5) is 0 Å². The molecule has 0 N–H and O–H groups in total. The van der Waals surface area contributed by atoms with Crippen LogP contribution in [0.1, 0.15) is 24.2 Å². The molecule has 0 radical (unpaired) electrons. The summed E-state index contributed by atoms with van der Waals surface area (Å²) in [6, 6.07) is 14.4. The van der Waals surface area contributed by atoms with Crippen molar-refractivity contribution in [1.29, 1.82) is 0 Å². The lowest BCUT2D eigenvalue weighted by Crippen LogP contribution is -2.22. The molecule has 0 atom stereocenters. The zero-order valence-corrected chi connectivity index (χ0v) is 15.5. The summed E-state index contributed by atoms with van der Waals surface area (Å²) >= 11 is 3.36. The minimum absolute atomic E-state index is 0.126. The normalized spacial score (nSPS) is 11.0. The number of fused-ring (bicyclic) bond motifs is 1. The second kappa shape index (κ2) is 7.23. The second-order valence-corrected chi connectivity index (χ2v) is 7.15. The van der Waals surface area contributed by atoms with Crippen LogP contribution in [-0.2, 0) is 0 Å². The number of aromatic carboxylic acids is 1. The fraction of sp³-hybridized carbons (Fsp3) is 0.200. The Kier molecular flexibility index (Phi) is 5.04. The second-order valence-electron chi connectivity index (χ2n) is 6.23. The quantitative estimate of drug-likeness (QED) is 0.649. The Balaban J connectivity index is 2.01. The maximum absolute atomic E-state index is 11.5. The summed E-state index contributed by atoms with van der Waals surface area (Å²) in [5.74, 6) is 0.0118. The SMILES string of the molecule is CC(C)COc1ccc(-c2cc(C(=O)[O-])c3cc(Br)ccc3n2)cc1. The van der Waals surface area contributed by atoms with Gasteiger partial charge in [0.15, 0.2) is 0 Å². The van der Waals surface area contributed by atoms with Crippen molar-refractivity contribution in [2.75, 3.05) is 6.61 Å². The van der Waals surface area contributed by atoms with Crippen molar-refractivity contribution in [2.45, 2.75) is 13.8 Å². The topological polar surface area (TPSA) is 62.2 Å². The first-order valence-electron chi connectivity index (χ1n) is 7.99. The van der Waals surface area contributed by atoms with Crippen LogP contribution < -0.4 is 9.84 Å². The smallest absolute Gasteiger partial charge is 0.119 e. The molecule has 0 saturated heterocycles. The van der Waals surface area contributed by atoms with Gasteiger partial charge < -0.3 is 14.6 Å². The molecule has 3 aromatic rings. The number of carboxylic acid groups (broad SMARTS) is 1. The molecule has 128 valence electrons. The lowest BCUT2D eigenvalue weighted by molar-refractivity contribution is -0.254. The Morgan fingerprint density at radius 1 is 1.16 bits per heavy atom. The molecule has 0 amide bonds. The first-order chi connectivity index (χ1) is 11.9. The van der Waals surface area contributed by atoms with Crippen LogP contribution >= 0.6 is 15.9 Å². The number of rotatable bonds is 5. The summed E-state index contributed by atoms with van der Waals surface area (Å²) in [7, 11) is 0. The monoisotopic (exact) mass is 398 g/mol. The van der Waals surface area contributed by atoms with Gasteiger partial charge in [-0.25, -0.2) is 4.98 Å². The van der Waals surface area contributed by atoms with Crippen LogP contribution in [0.5, 0.6) is 5.75 Å². The van der Waals surface area contributed by atoms with E-state index in [9.17, 15) is 9.90 Å². The zero-order chi connectivity index (χ0) is 18.0. The van der Waals surface area contributed by atoms with Crippen LogP contribution in [0.2, 0.25) is 0 Å². The lowest BCUT2D eigenvalue weighted by Gasteiger charge is -2.12. The summed E-state index contributed by atoms with van der Waals surface area (Å²) in [6.07, 6.45) is 0. The number of ether oxygens (including phenoxy) is 1. The summed E-state index contributed by atoms with van der Waals surface area (Å²) in [5, 5.41) is 12.1. The van der Waals surface area contributed by atoms with Gasteiger partial charge in [0.1, 0.15) is 5.75 Å². The van der Waals surface area contributed by atoms with E-state index in [1.165, 1.54) is 0 Å². The zero-order valence-electron chi connectivity index (χ0n) is 14.0. The largest absolute Gasteiger partial charge is 0.545 e. The molecule has 25 heavy (non-hydrogen) atoms. The van der Waals surface area contributed by atoms with Crippen LogP contribution in [-0.4, -0.2) is 17.6 Å². The Labute approximate surface area is 154 Å². The highest BCUT2D eigenvalue weighted by atomic mass is 79.9. The predicted molar refractivity (Wildman–Crippen MR) is 99.5 cm³/mol. The van der Waals surface area contributed by atoms with E-state index >= 15 is 0 Å². The summed E-state index contributed by atoms with van der Waals surface area (Å²) in [6.45, 7) is 4.83. The van der Waals surface area contributed by atoms with Gasteiger partial charge in [0.25, 0.3) is 0 Å². The van der Waals surface area contributed by atoms with Crippen LogP contribution in [0.25, 0.3) is 22.2 Å². The number of halogens is 1. The molecule has 1 heterocycles. The van der Waals surface area contributed by atoms with Gasteiger partial charge in [-0.3, -0.25) is 0 Å². The van der Waals surface area contributed by atoms with Gasteiger partial charge in [-0.2, -0.15) is 0 Å². The van der Waals surface area contributed by atoms with Crippen LogP contribution in [0.3, 0.4) is 0 Å². The molecule has 5 heteroatoms. The maximum atomic E-state index is 11.5. The van der Waals surface area contributed by atoms with Crippen molar-refractivity contribution < 1.29 is 14.6 Å². The number of carboxylic acids is 1. The minimum atomic E-state index is -1.22. The third-order valence-electron chi connectivity index (χ3n) is 3.72. The average molecular weight is 399 g/mol. The van der Waals surface area contributed by atoms with Crippen molar-refractivity contribution in [2.24, 2.45) is 5.92 Å². The van der Waals surface area contributed by atoms with Gasteiger partial charge in [-0.15, -0.1) is 0 Å². The van der Waals surface area contributed by atoms with Gasteiger partial charge in [0.05, 0.1) is 23.8 Å². The molecule has 1 aromatic heterocycles. The summed E-state index contributed by atoms with van der Waals surface area (Å²) in [4.78, 5) is 16.1. The highest BCUT2D eigenvalue weighted by molar-refractivity contribution is 9.10. The van der Waals surface area contributed by atoms with E-state index in [1.807, 2.05) is 30.3 Å². The van der Waals surface area contributed by atoms with Gasteiger partial charge in [0, 0.05) is 21.0 Å². The van der Waals surface area contributed by atoms with Gasteiger partial charge in [-0.1, -0.05) is 29.8 Å². The molecular weight excluding hydrogens is 382 g/mol. The molecule has 0 aliphatic heterocycles. The van der Waals surface area contributed by atoms with Crippen molar-refractivity contribution >= 4 is 32.8 Å². The predicted octanol–water partition coefficient (Wildman–Crippen LogP) is 4.06. The number of benzene rings is 2. The molecule has 3 rings (SSSR count). The number of aromatic nitrogens is 1. The molecule has 4 nitrogen and oxygen atoms in total. The molecule has 0 aliphatic rings. The Morgan fingerprint density at radius 3 is 2.52 bits per heavy atom. The number of hydrogen-bond donors (Lipinski definition) is 0. The van der Waals surface area contributed by atoms with Gasteiger partial charge in [-0.05, 0) is 54.4 Å². The fourth-order valence-electron chi connectivity index (χ4n) is 2.50. The number of nitrogens with zero attached hydrogens (tertiary/aromatic N) is 1. The van der Waals surface area contributed by atoms with E-state index < -0.39 is 5.97 Å². The van der Waals surface area contributed by atoms with E-state index in [-0.39, 0.29) is 5.56 Å². The maximum Gasteiger partial charge on any atom is 0.119 e. The number of carbonyl (C=O) groups is 1. The molecular formula is C20H17BrNO3-. The van der Waals surface area contributed by atoms with Crippen molar-refractivity contribution in [3.63, 3.8) is 0 Å². The standard InChI is InChI=1S/C20H18BrNO3/c1-12(2)11-25-15-6-3-13(4-7-15)19-10-17(20(23)24)16-9-14(21)5-8-18(16)22-19/h3-10,12H,11H2,1-2H3,(H,23,24)/p-1. The van der Waals surface area contributed by atoms with E-state index in [0.717, 1.165) is 15.8 Å². The molecule has 0 fully saturated rings. The number of pyridine rings is 1. The summed E-state index contributed by atoms with van der Waals surface area (Å²) in [5.41, 5.74) is 2.15. The van der Waals surface area contributed by atoms with E-state index in [4.69, 9.17) is 4.74 Å². The highest BCUT2D eigenvalue weighted by Crippen LogP contribution is 2.28. The van der Waals surface area contributed by atoms with Crippen molar-refractivity contribution in [3.8, 4) is 17.0 Å². The van der Waals surface area contributed by atoms with Gasteiger partial charge in [0.2, 0.25) is 0 Å². The minimum Gasteiger partial charge on any atom is -0.545 e. The van der Waals surface area contributed by atoms with Gasteiger partial charge >= 0.3 is 0 Å². The average Bonchev–Trinajstić information content (AvgIpc) is 2.59. The molecule has 0 spiro atoms. The number of carbonyl (C=O) groups excluding carboxylic acids is 1.